The maximum atomic E-state index is 13.7. The number of ether oxygens (including phenoxy) is 2. The molecule has 0 spiro atoms. The van der Waals surface area contributed by atoms with E-state index in [0.29, 0.717) is 43.4 Å². The molecule has 9 heteroatoms. The van der Waals surface area contributed by atoms with E-state index in [2.05, 4.69) is 5.32 Å². The first-order chi connectivity index (χ1) is 17.5. The summed E-state index contributed by atoms with van der Waals surface area (Å²) in [7, 11) is 0. The van der Waals surface area contributed by atoms with Gasteiger partial charge in [0.25, 0.3) is 5.91 Å². The summed E-state index contributed by atoms with van der Waals surface area (Å²) >= 11 is 0. The van der Waals surface area contributed by atoms with Gasteiger partial charge in [-0.1, -0.05) is 24.3 Å². The van der Waals surface area contributed by atoms with Crippen LogP contribution in [0, 0.1) is 0 Å². The van der Waals surface area contributed by atoms with Crippen LogP contribution in [-0.2, 0) is 22.6 Å². The molecule has 3 amide bonds. The Kier molecular flexibility index (Phi) is 6.62. The van der Waals surface area contributed by atoms with Crippen molar-refractivity contribution in [1.29, 1.82) is 0 Å². The quantitative estimate of drug-likeness (QED) is 0.571. The minimum Gasteiger partial charge on any atom is -0.486 e. The summed E-state index contributed by atoms with van der Waals surface area (Å²) in [4.78, 5) is 42.8. The largest absolute Gasteiger partial charge is 0.486 e. The molecule has 0 aliphatic carbocycles. The number of likely N-dealkylation sites (N-methyl/N-ethyl adjacent to an activating group) is 1. The highest BCUT2D eigenvalue weighted by Gasteiger charge is 2.38. The molecule has 186 valence electrons. The Morgan fingerprint density at radius 1 is 1.00 bits per heavy atom. The van der Waals surface area contributed by atoms with Crippen LogP contribution in [0.25, 0.3) is 0 Å². The lowest BCUT2D eigenvalue weighted by Crippen LogP contribution is -2.54. The Balaban J connectivity index is 1.32. The van der Waals surface area contributed by atoms with E-state index in [4.69, 9.17) is 13.9 Å². The summed E-state index contributed by atoms with van der Waals surface area (Å²) in [5.74, 6) is 0.376. The minimum absolute atomic E-state index is 0.148. The summed E-state index contributed by atoms with van der Waals surface area (Å²) in [5, 5.41) is 2.82. The van der Waals surface area contributed by atoms with Crippen LogP contribution in [0.15, 0.2) is 65.3 Å². The Morgan fingerprint density at radius 2 is 1.78 bits per heavy atom. The third-order valence-electron chi connectivity index (χ3n) is 6.38. The molecule has 2 aromatic carbocycles. The van der Waals surface area contributed by atoms with E-state index in [-0.39, 0.29) is 36.6 Å². The molecular formula is C27H27N3O6. The molecule has 9 nitrogen and oxygen atoms in total. The van der Waals surface area contributed by atoms with Gasteiger partial charge in [-0.25, -0.2) is 0 Å². The number of hydrogen-bond acceptors (Lipinski definition) is 6. The monoisotopic (exact) mass is 489 g/mol. The zero-order valence-electron chi connectivity index (χ0n) is 19.9. The Hall–Kier alpha value is -4.27. The standard InChI is InChI=1S/C27H27N3O6/c1-2-29(17-25(31)28-20-9-10-22-24(15-20)36-13-12-35-22)26(32)21-14-18-6-3-4-7-19(18)16-30(21)27(33)23-8-5-11-34-23/h3-11,15,21H,2,12-14,16-17H2,1H3,(H,28,31). The van der Waals surface area contributed by atoms with Crippen molar-refractivity contribution in [2.45, 2.75) is 25.9 Å². The summed E-state index contributed by atoms with van der Waals surface area (Å²) in [6.07, 6.45) is 1.80. The average molecular weight is 490 g/mol. The van der Waals surface area contributed by atoms with Gasteiger partial charge in [0.15, 0.2) is 17.3 Å². The van der Waals surface area contributed by atoms with Crippen molar-refractivity contribution in [2.24, 2.45) is 0 Å². The number of benzene rings is 2. The van der Waals surface area contributed by atoms with E-state index in [9.17, 15) is 14.4 Å². The van der Waals surface area contributed by atoms with E-state index in [1.54, 1.807) is 30.3 Å². The fraction of sp³-hybridized carbons (Fsp3) is 0.296. The van der Waals surface area contributed by atoms with Crippen molar-refractivity contribution in [1.82, 2.24) is 9.80 Å². The van der Waals surface area contributed by atoms with Crippen molar-refractivity contribution < 1.29 is 28.3 Å². The second kappa shape index (κ2) is 10.2. The first-order valence-corrected chi connectivity index (χ1v) is 11.9. The molecule has 1 N–H and O–H groups in total. The van der Waals surface area contributed by atoms with Gasteiger partial charge in [-0.3, -0.25) is 14.4 Å². The number of fused-ring (bicyclic) bond motifs is 2. The minimum atomic E-state index is -0.750. The predicted molar refractivity (Wildman–Crippen MR) is 131 cm³/mol. The van der Waals surface area contributed by atoms with E-state index in [1.165, 1.54) is 16.1 Å². The zero-order valence-corrected chi connectivity index (χ0v) is 19.9. The number of nitrogens with one attached hydrogen (secondary N) is 1. The highest BCUT2D eigenvalue weighted by Crippen LogP contribution is 2.32. The maximum absolute atomic E-state index is 13.7. The van der Waals surface area contributed by atoms with Crippen LogP contribution in [0.5, 0.6) is 11.5 Å². The lowest BCUT2D eigenvalue weighted by molar-refractivity contribution is -0.139. The lowest BCUT2D eigenvalue weighted by atomic mass is 9.93. The van der Waals surface area contributed by atoms with Crippen molar-refractivity contribution >= 4 is 23.4 Å². The van der Waals surface area contributed by atoms with Crippen molar-refractivity contribution in [3.8, 4) is 11.5 Å². The number of amides is 3. The molecule has 0 fully saturated rings. The van der Waals surface area contributed by atoms with Crippen molar-refractivity contribution in [3.63, 3.8) is 0 Å². The molecule has 0 saturated heterocycles. The first kappa shape index (κ1) is 23.5. The van der Waals surface area contributed by atoms with E-state index >= 15 is 0 Å². The van der Waals surface area contributed by atoms with Gasteiger partial charge < -0.3 is 29.0 Å². The smallest absolute Gasteiger partial charge is 0.290 e. The van der Waals surface area contributed by atoms with Gasteiger partial charge in [-0.2, -0.15) is 0 Å². The van der Waals surface area contributed by atoms with Crippen molar-refractivity contribution in [2.75, 3.05) is 31.6 Å². The molecule has 2 aliphatic heterocycles. The van der Waals surface area contributed by atoms with Crippen LogP contribution in [0.2, 0.25) is 0 Å². The van der Waals surface area contributed by atoms with Gasteiger partial charge in [0, 0.05) is 31.3 Å². The van der Waals surface area contributed by atoms with E-state index < -0.39 is 6.04 Å². The molecular weight excluding hydrogens is 462 g/mol. The lowest BCUT2D eigenvalue weighted by Gasteiger charge is -2.38. The fourth-order valence-electron chi connectivity index (χ4n) is 4.55. The molecule has 3 heterocycles. The summed E-state index contributed by atoms with van der Waals surface area (Å²) in [6, 6.07) is 15.4. The Morgan fingerprint density at radius 3 is 2.53 bits per heavy atom. The molecule has 3 aromatic rings. The maximum Gasteiger partial charge on any atom is 0.290 e. The second-order valence-electron chi connectivity index (χ2n) is 8.66. The van der Waals surface area contributed by atoms with Crippen molar-refractivity contribution in [3.05, 3.63) is 77.7 Å². The molecule has 0 bridgehead atoms. The second-order valence-corrected chi connectivity index (χ2v) is 8.66. The normalized spacial score (nSPS) is 16.1. The van der Waals surface area contributed by atoms with Crippen LogP contribution >= 0.6 is 0 Å². The van der Waals surface area contributed by atoms with Crippen LogP contribution in [0.3, 0.4) is 0 Å². The Bertz CT molecular complexity index is 1270. The molecule has 36 heavy (non-hydrogen) atoms. The van der Waals surface area contributed by atoms with Gasteiger partial charge in [-0.15, -0.1) is 0 Å². The summed E-state index contributed by atoms with van der Waals surface area (Å²) < 4.78 is 16.4. The highest BCUT2D eigenvalue weighted by atomic mass is 16.6. The molecule has 1 aromatic heterocycles. The van der Waals surface area contributed by atoms with E-state index in [0.717, 1.165) is 11.1 Å². The number of hydrogen-bond donors (Lipinski definition) is 1. The summed E-state index contributed by atoms with van der Waals surface area (Å²) in [5.41, 5.74) is 2.55. The summed E-state index contributed by atoms with van der Waals surface area (Å²) in [6.45, 7) is 3.19. The zero-order chi connectivity index (χ0) is 25.1. The van der Waals surface area contributed by atoms with Gasteiger partial charge in [0.05, 0.1) is 12.8 Å². The van der Waals surface area contributed by atoms with Crippen LogP contribution in [0.1, 0.15) is 28.6 Å². The van der Waals surface area contributed by atoms with Gasteiger partial charge in [0.2, 0.25) is 11.8 Å². The number of carbonyl (C=O) groups excluding carboxylic acids is 3. The average Bonchev–Trinajstić information content (AvgIpc) is 3.45. The van der Waals surface area contributed by atoms with Gasteiger partial charge in [0.1, 0.15) is 19.3 Å². The molecule has 5 rings (SSSR count). The van der Waals surface area contributed by atoms with Crippen LogP contribution in [-0.4, -0.2) is 59.9 Å². The van der Waals surface area contributed by atoms with Gasteiger partial charge >= 0.3 is 0 Å². The molecule has 0 radical (unpaired) electrons. The third-order valence-corrected chi connectivity index (χ3v) is 6.38. The third kappa shape index (κ3) is 4.77. The number of anilines is 1. The SMILES string of the molecule is CCN(CC(=O)Nc1ccc2c(c1)OCCO2)C(=O)C1Cc2ccccc2CN1C(=O)c1ccco1. The van der Waals surface area contributed by atoms with Crippen LogP contribution in [0.4, 0.5) is 5.69 Å². The molecule has 1 unspecified atom stereocenters. The van der Waals surface area contributed by atoms with Crippen LogP contribution < -0.4 is 14.8 Å². The highest BCUT2D eigenvalue weighted by molar-refractivity contribution is 5.98. The first-order valence-electron chi connectivity index (χ1n) is 11.9. The molecule has 2 aliphatic rings. The predicted octanol–water partition coefficient (Wildman–Crippen LogP) is 3.11. The molecule has 1 atom stereocenters. The Labute approximate surface area is 208 Å². The van der Waals surface area contributed by atoms with E-state index in [1.807, 2.05) is 31.2 Å². The fourth-order valence-corrected chi connectivity index (χ4v) is 4.55. The van der Waals surface area contributed by atoms with Gasteiger partial charge in [-0.05, 0) is 42.3 Å². The number of nitrogens with zero attached hydrogens (tertiary/aromatic N) is 2. The number of furan rings is 1. The number of rotatable bonds is 6. The topological polar surface area (TPSA) is 101 Å². The number of carbonyl (C=O) groups is 3. The molecule has 0 saturated carbocycles.